The van der Waals surface area contributed by atoms with Gasteiger partial charge in [0.25, 0.3) is 5.69 Å². The molecule has 1 aromatic carbocycles. The first-order valence-corrected chi connectivity index (χ1v) is 5.22. The minimum Gasteiger partial charge on any atom is -0.449 e. The minimum absolute atomic E-state index is 0.0538. The number of carbonyl (C=O) groups is 1. The van der Waals surface area contributed by atoms with E-state index in [0.717, 1.165) is 12.1 Å². The minimum atomic E-state index is -2.12. The first kappa shape index (κ1) is 15.2. The fourth-order valence-corrected chi connectivity index (χ4v) is 0.737. The number of hydrogen-bond acceptors (Lipinski definition) is 7. The van der Waals surface area contributed by atoms with Crippen molar-refractivity contribution in [3.63, 3.8) is 0 Å². The van der Waals surface area contributed by atoms with Gasteiger partial charge >= 0.3 is 6.16 Å². The zero-order chi connectivity index (χ0) is 13.4. The molecule has 0 aliphatic carbocycles. The highest BCUT2D eigenvalue weighted by Crippen LogP contribution is 2.17. The Bertz CT molecular complexity index is 378. The van der Waals surface area contributed by atoms with Crippen molar-refractivity contribution >= 4 is 20.4 Å². The maximum atomic E-state index is 10.2. The van der Waals surface area contributed by atoms with E-state index in [-0.39, 0.29) is 11.4 Å². The molecule has 0 bridgehead atoms. The third-order valence-corrected chi connectivity index (χ3v) is 1.25. The number of rotatable bonds is 2. The molecule has 0 amide bonds. The van der Waals surface area contributed by atoms with Gasteiger partial charge in [-0.3, -0.25) is 15.6 Å². The predicted molar refractivity (Wildman–Crippen MR) is 57.3 cm³/mol. The average molecular weight is 264 g/mol. The van der Waals surface area contributed by atoms with Gasteiger partial charge in [-0.25, -0.2) is 4.79 Å². The predicted octanol–water partition coefficient (Wildman–Crippen LogP) is 0.808. The summed E-state index contributed by atoms with van der Waals surface area (Å²) in [6.45, 7) is 0. The Morgan fingerprint density at radius 1 is 1.35 bits per heavy atom. The van der Waals surface area contributed by atoms with Gasteiger partial charge in [0, 0.05) is 12.1 Å². The standard InChI is InChI=1S/C7H5NO5.H4NO2P/c9-7(10)13-6-3-1-5(2-4-6)8(11)12;1-4(2)3/h1-4H,(H,9,10);2-3H,1H2. The van der Waals surface area contributed by atoms with Crippen LogP contribution in [0.1, 0.15) is 0 Å². The molecule has 17 heavy (non-hydrogen) atoms. The van der Waals surface area contributed by atoms with Gasteiger partial charge in [0.15, 0.2) is 0 Å². The van der Waals surface area contributed by atoms with Gasteiger partial charge in [-0.1, -0.05) is 0 Å². The van der Waals surface area contributed by atoms with Gasteiger partial charge in [0.1, 0.15) is 5.75 Å². The maximum absolute atomic E-state index is 10.2. The summed E-state index contributed by atoms with van der Waals surface area (Å²) in [5, 5.41) is 18.4. The van der Waals surface area contributed by atoms with Gasteiger partial charge < -0.3 is 19.6 Å². The zero-order valence-corrected chi connectivity index (χ0v) is 9.15. The molecule has 0 atom stereocenters. The molecular weight excluding hydrogens is 255 g/mol. The number of nitrogens with zero attached hydrogens (tertiary/aromatic N) is 1. The number of nitro benzene ring substituents is 1. The van der Waals surface area contributed by atoms with Gasteiger partial charge in [0.2, 0.25) is 8.53 Å². The SMILES string of the molecule is NP(O)O.O=C(O)Oc1ccc([N+](=O)[O-])cc1. The van der Waals surface area contributed by atoms with Crippen molar-refractivity contribution in [2.24, 2.45) is 5.50 Å². The fraction of sp³-hybridized carbons (Fsp3) is 0. The molecule has 0 aliphatic heterocycles. The van der Waals surface area contributed by atoms with E-state index in [1.54, 1.807) is 0 Å². The number of carboxylic acid groups (broad SMARTS) is 1. The smallest absolute Gasteiger partial charge is 0.449 e. The second-order valence-electron chi connectivity index (χ2n) is 2.44. The van der Waals surface area contributed by atoms with Crippen LogP contribution in [0.2, 0.25) is 0 Å². The summed E-state index contributed by atoms with van der Waals surface area (Å²) in [5.74, 6) is 0.0538. The lowest BCUT2D eigenvalue weighted by molar-refractivity contribution is -0.384. The van der Waals surface area contributed by atoms with Crippen LogP contribution in [0.15, 0.2) is 24.3 Å². The first-order valence-electron chi connectivity index (χ1n) is 3.90. The number of benzene rings is 1. The van der Waals surface area contributed by atoms with Crippen LogP contribution < -0.4 is 10.2 Å². The Labute approximate surface area is 96.2 Å². The van der Waals surface area contributed by atoms with Gasteiger partial charge in [-0.2, -0.15) is 0 Å². The highest BCUT2D eigenvalue weighted by molar-refractivity contribution is 7.42. The van der Waals surface area contributed by atoms with Crippen molar-refractivity contribution in [3.8, 4) is 5.75 Å². The third-order valence-electron chi connectivity index (χ3n) is 1.25. The van der Waals surface area contributed by atoms with E-state index < -0.39 is 19.6 Å². The molecule has 10 heteroatoms. The van der Waals surface area contributed by atoms with Crippen molar-refractivity contribution < 1.29 is 29.3 Å². The molecule has 0 saturated heterocycles. The summed E-state index contributed by atoms with van der Waals surface area (Å²) in [5.41, 5.74) is 4.17. The maximum Gasteiger partial charge on any atom is 0.511 e. The van der Waals surface area contributed by atoms with Crippen molar-refractivity contribution in [3.05, 3.63) is 34.4 Å². The van der Waals surface area contributed by atoms with E-state index in [4.69, 9.17) is 14.9 Å². The first-order chi connectivity index (χ1) is 7.82. The lowest BCUT2D eigenvalue weighted by Gasteiger charge is -1.97. The second kappa shape index (κ2) is 7.47. The molecule has 0 fully saturated rings. The molecular formula is C7H9N2O7P. The average Bonchev–Trinajstić information content (AvgIpc) is 2.16. The van der Waals surface area contributed by atoms with E-state index in [9.17, 15) is 14.9 Å². The molecule has 1 rings (SSSR count). The van der Waals surface area contributed by atoms with E-state index in [1.165, 1.54) is 12.1 Å². The van der Waals surface area contributed by atoms with Gasteiger partial charge in [0.05, 0.1) is 4.92 Å². The number of ether oxygens (including phenoxy) is 1. The number of non-ortho nitro benzene ring substituents is 1. The van der Waals surface area contributed by atoms with Gasteiger partial charge in [-0.05, 0) is 12.1 Å². The van der Waals surface area contributed by atoms with Crippen molar-refractivity contribution in [2.45, 2.75) is 0 Å². The van der Waals surface area contributed by atoms with Crippen LogP contribution in [0, 0.1) is 10.1 Å². The third kappa shape index (κ3) is 8.05. The highest BCUT2D eigenvalue weighted by Gasteiger charge is 2.05. The number of nitrogens with two attached hydrogens (primary N) is 1. The van der Waals surface area contributed by atoms with Crippen molar-refractivity contribution in [2.75, 3.05) is 0 Å². The Hall–Kier alpha value is -1.80. The molecule has 9 nitrogen and oxygen atoms in total. The lowest BCUT2D eigenvalue weighted by Crippen LogP contribution is -2.02. The van der Waals surface area contributed by atoms with Crippen molar-refractivity contribution in [1.29, 1.82) is 0 Å². The summed E-state index contributed by atoms with van der Waals surface area (Å²) in [7, 11) is -2.12. The molecule has 94 valence electrons. The molecule has 0 heterocycles. The van der Waals surface area contributed by atoms with Crippen molar-refractivity contribution in [1.82, 2.24) is 0 Å². The summed E-state index contributed by atoms with van der Waals surface area (Å²) in [6.07, 6.45) is -1.45. The number of nitro groups is 1. The normalized spacial score (nSPS) is 9.18. The largest absolute Gasteiger partial charge is 0.511 e. The molecule has 0 aromatic heterocycles. The summed E-state index contributed by atoms with van der Waals surface area (Å²) in [6, 6.07) is 4.76. The van der Waals surface area contributed by atoms with Crippen LogP contribution in [0.5, 0.6) is 5.75 Å². The summed E-state index contributed by atoms with van der Waals surface area (Å²) in [4.78, 5) is 34.5. The lowest BCUT2D eigenvalue weighted by atomic mass is 10.3. The van der Waals surface area contributed by atoms with E-state index in [1.807, 2.05) is 0 Å². The second-order valence-corrected chi connectivity index (χ2v) is 3.08. The van der Waals surface area contributed by atoms with Crippen LogP contribution >= 0.6 is 8.53 Å². The monoisotopic (exact) mass is 264 g/mol. The topological polar surface area (TPSA) is 156 Å². The van der Waals surface area contributed by atoms with Crippen LogP contribution in [-0.2, 0) is 0 Å². The fourth-order valence-electron chi connectivity index (χ4n) is 0.737. The molecule has 0 radical (unpaired) electrons. The van der Waals surface area contributed by atoms with Gasteiger partial charge in [-0.15, -0.1) is 0 Å². The van der Waals surface area contributed by atoms with Crippen LogP contribution in [0.4, 0.5) is 10.5 Å². The van der Waals surface area contributed by atoms with E-state index in [2.05, 4.69) is 10.2 Å². The summed E-state index contributed by atoms with van der Waals surface area (Å²) < 4.78 is 4.24. The summed E-state index contributed by atoms with van der Waals surface area (Å²) >= 11 is 0. The molecule has 1 aromatic rings. The Morgan fingerprint density at radius 2 is 1.76 bits per heavy atom. The zero-order valence-electron chi connectivity index (χ0n) is 8.26. The molecule has 0 saturated carbocycles. The Morgan fingerprint density at radius 3 is 2.06 bits per heavy atom. The molecule has 0 unspecified atom stereocenters. The van der Waals surface area contributed by atoms with E-state index in [0.29, 0.717) is 0 Å². The van der Waals surface area contributed by atoms with E-state index >= 15 is 0 Å². The Kier molecular flexibility index (Phi) is 6.68. The van der Waals surface area contributed by atoms with Crippen LogP contribution in [-0.4, -0.2) is 26.0 Å². The molecule has 0 aliphatic rings. The highest BCUT2D eigenvalue weighted by atomic mass is 31.2. The Balaban J connectivity index is 0.000000557. The van der Waals surface area contributed by atoms with Crippen LogP contribution in [0.25, 0.3) is 0 Å². The van der Waals surface area contributed by atoms with Crippen LogP contribution in [0.3, 0.4) is 0 Å². The molecule has 0 spiro atoms. The number of hydrogen-bond donors (Lipinski definition) is 4. The molecule has 5 N–H and O–H groups in total. The quantitative estimate of drug-likeness (QED) is 0.201.